The molecule has 0 spiro atoms. The summed E-state index contributed by atoms with van der Waals surface area (Å²) >= 11 is 0. The van der Waals surface area contributed by atoms with Crippen molar-refractivity contribution in [3.05, 3.63) is 90.0 Å². The number of hydrogen-bond acceptors (Lipinski definition) is 5. The molecule has 0 aliphatic rings. The van der Waals surface area contributed by atoms with Crippen LogP contribution in [0.2, 0.25) is 0 Å². The lowest BCUT2D eigenvalue weighted by atomic mass is 9.93. The average Bonchev–Trinajstić information content (AvgIpc) is 3.48. The van der Waals surface area contributed by atoms with Gasteiger partial charge in [-0.2, -0.15) is 0 Å². The van der Waals surface area contributed by atoms with Crippen LogP contribution in [0.5, 0.6) is 0 Å². The minimum atomic E-state index is -0.0817. The van der Waals surface area contributed by atoms with E-state index in [-0.39, 0.29) is 6.04 Å². The Kier molecular flexibility index (Phi) is 5.22. The summed E-state index contributed by atoms with van der Waals surface area (Å²) in [6.45, 7) is 2.20. The maximum atomic E-state index is 4.97. The number of imidazole rings is 1. The molecule has 0 bridgehead atoms. The maximum Gasteiger partial charge on any atom is 0.179 e. The Bertz CT molecular complexity index is 1280. The summed E-state index contributed by atoms with van der Waals surface area (Å²) in [6, 6.07) is 20.8. The molecule has 1 atom stereocenters. The van der Waals surface area contributed by atoms with Crippen molar-refractivity contribution >= 4 is 11.0 Å². The fourth-order valence-corrected chi connectivity index (χ4v) is 4.13. The van der Waals surface area contributed by atoms with Gasteiger partial charge in [0.1, 0.15) is 11.3 Å². The monoisotopic (exact) mass is 409 g/mol. The van der Waals surface area contributed by atoms with Gasteiger partial charge in [0.25, 0.3) is 0 Å². The third kappa shape index (κ3) is 3.59. The molecule has 2 aromatic carbocycles. The van der Waals surface area contributed by atoms with E-state index in [0.717, 1.165) is 47.2 Å². The number of rotatable bonds is 7. The molecule has 0 amide bonds. The van der Waals surface area contributed by atoms with Crippen molar-refractivity contribution < 1.29 is 0 Å². The molecule has 1 N–H and O–H groups in total. The molecule has 0 saturated carbocycles. The third-order valence-electron chi connectivity index (χ3n) is 5.55. The van der Waals surface area contributed by atoms with E-state index in [1.807, 2.05) is 30.6 Å². The van der Waals surface area contributed by atoms with E-state index in [9.17, 15) is 0 Å². The normalized spacial score (nSPS) is 12.3. The standard InChI is InChI=1S/C24H23N7/c1-2-3-13-22-26-20-16-25-15-14-21(20)31(22)23(17-9-5-4-6-10-17)18-11-7-8-12-19(18)24-27-29-30-28-24/h4-12,14-16,23H,2-3,13H2,1H3,(H,27,28,29,30). The first-order chi connectivity index (χ1) is 15.4. The van der Waals surface area contributed by atoms with Gasteiger partial charge < -0.3 is 4.57 Å². The van der Waals surface area contributed by atoms with Gasteiger partial charge in [-0.3, -0.25) is 4.98 Å². The number of aromatic amines is 1. The molecule has 0 radical (unpaired) electrons. The molecule has 154 valence electrons. The van der Waals surface area contributed by atoms with Crippen molar-refractivity contribution in [3.8, 4) is 11.4 Å². The van der Waals surface area contributed by atoms with E-state index in [1.165, 1.54) is 5.56 Å². The number of aromatic nitrogens is 7. The van der Waals surface area contributed by atoms with Gasteiger partial charge in [-0.25, -0.2) is 10.1 Å². The quantitative estimate of drug-likeness (QED) is 0.425. The highest BCUT2D eigenvalue weighted by molar-refractivity contribution is 5.76. The second-order valence-electron chi connectivity index (χ2n) is 7.52. The second-order valence-corrected chi connectivity index (χ2v) is 7.52. The van der Waals surface area contributed by atoms with Gasteiger partial charge in [-0.05, 0) is 34.0 Å². The van der Waals surface area contributed by atoms with E-state index in [0.29, 0.717) is 5.82 Å². The number of fused-ring (bicyclic) bond motifs is 1. The summed E-state index contributed by atoms with van der Waals surface area (Å²) in [4.78, 5) is 9.27. The van der Waals surface area contributed by atoms with Crippen LogP contribution >= 0.6 is 0 Å². The highest BCUT2D eigenvalue weighted by atomic mass is 15.5. The smallest absolute Gasteiger partial charge is 0.179 e. The molecule has 1 unspecified atom stereocenters. The predicted octanol–water partition coefficient (Wildman–Crippen LogP) is 4.59. The van der Waals surface area contributed by atoms with Crippen LogP contribution in [0.4, 0.5) is 0 Å². The SMILES string of the molecule is CCCCc1nc2cnccc2n1C(c1ccccc1)c1ccccc1-c1nnn[nH]1. The Labute approximate surface area is 180 Å². The highest BCUT2D eigenvalue weighted by Gasteiger charge is 2.25. The molecule has 31 heavy (non-hydrogen) atoms. The van der Waals surface area contributed by atoms with Crippen LogP contribution in [0.1, 0.15) is 42.8 Å². The molecular weight excluding hydrogens is 386 g/mol. The van der Waals surface area contributed by atoms with Crippen LogP contribution in [-0.4, -0.2) is 35.2 Å². The van der Waals surface area contributed by atoms with Crippen LogP contribution in [0.3, 0.4) is 0 Å². The maximum absolute atomic E-state index is 4.97. The molecule has 0 fully saturated rings. The zero-order valence-corrected chi connectivity index (χ0v) is 17.3. The number of pyridine rings is 1. The Morgan fingerprint density at radius 3 is 2.65 bits per heavy atom. The number of hydrogen-bond donors (Lipinski definition) is 1. The van der Waals surface area contributed by atoms with E-state index < -0.39 is 0 Å². The van der Waals surface area contributed by atoms with Gasteiger partial charge in [0.15, 0.2) is 5.82 Å². The summed E-state index contributed by atoms with van der Waals surface area (Å²) in [5, 5.41) is 14.7. The Morgan fingerprint density at radius 2 is 1.84 bits per heavy atom. The van der Waals surface area contributed by atoms with Gasteiger partial charge in [0.05, 0.1) is 17.8 Å². The zero-order valence-electron chi connectivity index (χ0n) is 17.3. The minimum Gasteiger partial charge on any atom is -0.316 e. The molecule has 7 heteroatoms. The van der Waals surface area contributed by atoms with Crippen molar-refractivity contribution in [2.75, 3.05) is 0 Å². The molecule has 5 aromatic rings. The van der Waals surface area contributed by atoms with E-state index >= 15 is 0 Å². The third-order valence-corrected chi connectivity index (χ3v) is 5.55. The van der Waals surface area contributed by atoms with Crippen LogP contribution in [-0.2, 0) is 6.42 Å². The summed E-state index contributed by atoms with van der Waals surface area (Å²) in [7, 11) is 0. The van der Waals surface area contributed by atoms with Crippen LogP contribution in [0.15, 0.2) is 73.1 Å². The first-order valence-electron chi connectivity index (χ1n) is 10.6. The largest absolute Gasteiger partial charge is 0.316 e. The van der Waals surface area contributed by atoms with E-state index in [2.05, 4.69) is 79.6 Å². The van der Waals surface area contributed by atoms with Crippen molar-refractivity contribution in [1.82, 2.24) is 35.2 Å². The molecule has 3 heterocycles. The molecule has 3 aromatic heterocycles. The Balaban J connectivity index is 1.80. The van der Waals surface area contributed by atoms with Gasteiger partial charge >= 0.3 is 0 Å². The number of benzene rings is 2. The van der Waals surface area contributed by atoms with Crippen LogP contribution < -0.4 is 0 Å². The number of aryl methyl sites for hydroxylation is 1. The number of unbranched alkanes of at least 4 members (excludes halogenated alkanes) is 1. The van der Waals surface area contributed by atoms with Gasteiger partial charge in [-0.15, -0.1) is 5.10 Å². The van der Waals surface area contributed by atoms with E-state index in [1.54, 1.807) is 0 Å². The average molecular weight is 409 g/mol. The van der Waals surface area contributed by atoms with Gasteiger partial charge in [0.2, 0.25) is 0 Å². The summed E-state index contributed by atoms with van der Waals surface area (Å²) in [5.41, 5.74) is 5.24. The molecule has 0 aliphatic heterocycles. The Hall–Kier alpha value is -3.87. The summed E-state index contributed by atoms with van der Waals surface area (Å²) in [5.74, 6) is 1.71. The Morgan fingerprint density at radius 1 is 1.00 bits per heavy atom. The topological polar surface area (TPSA) is 85.2 Å². The number of H-pyrrole nitrogens is 1. The van der Waals surface area contributed by atoms with Gasteiger partial charge in [-0.1, -0.05) is 67.9 Å². The number of nitrogens with zero attached hydrogens (tertiary/aromatic N) is 6. The minimum absolute atomic E-state index is 0.0817. The lowest BCUT2D eigenvalue weighted by molar-refractivity contribution is 0.630. The van der Waals surface area contributed by atoms with Crippen molar-refractivity contribution in [2.24, 2.45) is 0 Å². The fraction of sp³-hybridized carbons (Fsp3) is 0.208. The molecular formula is C24H23N7. The van der Waals surface area contributed by atoms with Crippen molar-refractivity contribution in [3.63, 3.8) is 0 Å². The van der Waals surface area contributed by atoms with E-state index in [4.69, 9.17) is 4.98 Å². The van der Waals surface area contributed by atoms with Crippen molar-refractivity contribution in [2.45, 2.75) is 32.2 Å². The molecule has 7 nitrogen and oxygen atoms in total. The lowest BCUT2D eigenvalue weighted by Crippen LogP contribution is -2.16. The lowest BCUT2D eigenvalue weighted by Gasteiger charge is -2.25. The second kappa shape index (κ2) is 8.47. The molecule has 0 aliphatic carbocycles. The van der Waals surface area contributed by atoms with Gasteiger partial charge in [0, 0.05) is 18.2 Å². The summed E-state index contributed by atoms with van der Waals surface area (Å²) in [6.07, 6.45) is 6.76. The highest BCUT2D eigenvalue weighted by Crippen LogP contribution is 2.36. The number of nitrogens with one attached hydrogen (secondary N) is 1. The molecule has 5 rings (SSSR count). The fourth-order valence-electron chi connectivity index (χ4n) is 4.13. The van der Waals surface area contributed by atoms with Crippen LogP contribution in [0, 0.1) is 0 Å². The predicted molar refractivity (Wildman–Crippen MR) is 119 cm³/mol. The first kappa shape index (κ1) is 19.1. The zero-order chi connectivity index (χ0) is 21.0. The first-order valence-corrected chi connectivity index (χ1v) is 10.6. The van der Waals surface area contributed by atoms with Crippen LogP contribution in [0.25, 0.3) is 22.4 Å². The number of tetrazole rings is 1. The van der Waals surface area contributed by atoms with Crippen molar-refractivity contribution in [1.29, 1.82) is 0 Å². The summed E-state index contributed by atoms with van der Waals surface area (Å²) < 4.78 is 2.35. The molecule has 0 saturated heterocycles.